The second-order valence-corrected chi connectivity index (χ2v) is 6.01. The Morgan fingerprint density at radius 1 is 1.22 bits per heavy atom. The number of carbonyl (C=O) groups is 1. The van der Waals surface area contributed by atoms with E-state index in [-0.39, 0.29) is 17.9 Å². The molecule has 0 saturated heterocycles. The SMILES string of the molecule is COc1cc(CN(CC(OC)C2CC2)C(=O)CCl)cc(OC)c1. The average Bonchev–Trinajstić information content (AvgIpc) is 3.42. The van der Waals surface area contributed by atoms with E-state index < -0.39 is 0 Å². The molecule has 1 aromatic rings. The fourth-order valence-electron chi connectivity index (χ4n) is 2.62. The van der Waals surface area contributed by atoms with Crippen LogP contribution in [0.5, 0.6) is 11.5 Å². The maximum Gasteiger partial charge on any atom is 0.237 e. The number of benzene rings is 1. The minimum Gasteiger partial charge on any atom is -0.497 e. The molecule has 1 unspecified atom stereocenters. The predicted octanol–water partition coefficient (Wildman–Crippen LogP) is 2.70. The maximum absolute atomic E-state index is 12.2. The van der Waals surface area contributed by atoms with Gasteiger partial charge in [-0.15, -0.1) is 11.6 Å². The van der Waals surface area contributed by atoms with E-state index in [0.29, 0.717) is 30.5 Å². The van der Waals surface area contributed by atoms with Crippen molar-refractivity contribution >= 4 is 17.5 Å². The molecule has 1 atom stereocenters. The second kappa shape index (κ2) is 8.41. The molecule has 1 amide bonds. The molecule has 2 rings (SSSR count). The van der Waals surface area contributed by atoms with Crippen LogP contribution in [0.25, 0.3) is 0 Å². The molecule has 0 aromatic heterocycles. The topological polar surface area (TPSA) is 48.0 Å². The Balaban J connectivity index is 2.14. The minimum atomic E-state index is -0.101. The van der Waals surface area contributed by atoms with Crippen LogP contribution in [0.3, 0.4) is 0 Å². The third-order valence-electron chi connectivity index (χ3n) is 4.10. The van der Waals surface area contributed by atoms with Crippen LogP contribution in [0.2, 0.25) is 0 Å². The molecular formula is C17H24ClNO4. The van der Waals surface area contributed by atoms with Crippen LogP contribution in [0.15, 0.2) is 18.2 Å². The highest BCUT2D eigenvalue weighted by Crippen LogP contribution is 2.34. The zero-order valence-electron chi connectivity index (χ0n) is 13.9. The van der Waals surface area contributed by atoms with Gasteiger partial charge in [0, 0.05) is 26.3 Å². The van der Waals surface area contributed by atoms with E-state index in [1.807, 2.05) is 12.1 Å². The summed E-state index contributed by atoms with van der Waals surface area (Å²) in [7, 11) is 4.91. The molecule has 1 fully saturated rings. The van der Waals surface area contributed by atoms with Gasteiger partial charge in [-0.3, -0.25) is 4.79 Å². The quantitative estimate of drug-likeness (QED) is 0.648. The smallest absolute Gasteiger partial charge is 0.237 e. The third kappa shape index (κ3) is 5.01. The van der Waals surface area contributed by atoms with Crippen molar-refractivity contribution in [1.82, 2.24) is 4.90 Å². The van der Waals surface area contributed by atoms with Crippen LogP contribution in [-0.4, -0.2) is 50.7 Å². The number of hydrogen-bond donors (Lipinski definition) is 0. The Morgan fingerprint density at radius 3 is 2.26 bits per heavy atom. The molecule has 0 heterocycles. The van der Waals surface area contributed by atoms with E-state index in [2.05, 4.69) is 0 Å². The molecule has 0 radical (unpaired) electrons. The van der Waals surface area contributed by atoms with Gasteiger partial charge >= 0.3 is 0 Å². The lowest BCUT2D eigenvalue weighted by atomic mass is 10.1. The van der Waals surface area contributed by atoms with Gasteiger partial charge in [-0.05, 0) is 36.5 Å². The number of hydrogen-bond acceptors (Lipinski definition) is 4. The first-order chi connectivity index (χ1) is 11.1. The Bertz CT molecular complexity index is 511. The summed E-state index contributed by atoms with van der Waals surface area (Å²) in [5.41, 5.74) is 0.935. The van der Waals surface area contributed by atoms with Crippen molar-refractivity contribution in [1.29, 1.82) is 0 Å². The molecule has 5 nitrogen and oxygen atoms in total. The monoisotopic (exact) mass is 341 g/mol. The number of methoxy groups -OCH3 is 3. The van der Waals surface area contributed by atoms with E-state index in [0.717, 1.165) is 18.4 Å². The molecule has 1 saturated carbocycles. The Labute approximate surface area is 142 Å². The zero-order valence-corrected chi connectivity index (χ0v) is 14.6. The van der Waals surface area contributed by atoms with Crippen molar-refractivity contribution in [2.75, 3.05) is 33.8 Å². The van der Waals surface area contributed by atoms with Crippen molar-refractivity contribution < 1.29 is 19.0 Å². The highest BCUT2D eigenvalue weighted by atomic mass is 35.5. The first-order valence-corrected chi connectivity index (χ1v) is 8.23. The zero-order chi connectivity index (χ0) is 16.8. The van der Waals surface area contributed by atoms with Crippen molar-refractivity contribution in [3.05, 3.63) is 23.8 Å². The summed E-state index contributed by atoms with van der Waals surface area (Å²) in [6, 6.07) is 5.60. The molecule has 0 N–H and O–H groups in total. The standard InChI is InChI=1S/C17H24ClNO4/c1-21-14-6-12(7-15(8-14)22-2)10-19(17(20)9-18)11-16(23-3)13-4-5-13/h6-8,13,16H,4-5,9-11H2,1-3H3. The molecule has 128 valence electrons. The summed E-state index contributed by atoms with van der Waals surface area (Å²) in [4.78, 5) is 13.9. The largest absolute Gasteiger partial charge is 0.497 e. The normalized spacial score (nSPS) is 15.1. The summed E-state index contributed by atoms with van der Waals surface area (Å²) in [5.74, 6) is 1.80. The van der Waals surface area contributed by atoms with Crippen LogP contribution in [0, 0.1) is 5.92 Å². The number of halogens is 1. The molecule has 23 heavy (non-hydrogen) atoms. The lowest BCUT2D eigenvalue weighted by Gasteiger charge is -2.27. The van der Waals surface area contributed by atoms with Crippen molar-refractivity contribution in [2.24, 2.45) is 5.92 Å². The van der Waals surface area contributed by atoms with Crippen LogP contribution in [0.4, 0.5) is 0 Å². The lowest BCUT2D eigenvalue weighted by Crippen LogP contribution is -2.39. The van der Waals surface area contributed by atoms with Gasteiger partial charge in [0.2, 0.25) is 5.91 Å². The van der Waals surface area contributed by atoms with E-state index in [4.69, 9.17) is 25.8 Å². The Morgan fingerprint density at radius 2 is 1.83 bits per heavy atom. The van der Waals surface area contributed by atoms with Gasteiger partial charge in [-0.1, -0.05) is 0 Å². The molecule has 1 aliphatic rings. The summed E-state index contributed by atoms with van der Waals surface area (Å²) in [6.45, 7) is 0.998. The Hall–Kier alpha value is -1.46. The van der Waals surface area contributed by atoms with E-state index in [1.165, 1.54) is 0 Å². The molecule has 0 bridgehead atoms. The second-order valence-electron chi connectivity index (χ2n) is 5.74. The number of carbonyl (C=O) groups excluding carboxylic acids is 1. The van der Waals surface area contributed by atoms with E-state index in [9.17, 15) is 4.79 Å². The summed E-state index contributed by atoms with van der Waals surface area (Å²) < 4.78 is 16.1. The average molecular weight is 342 g/mol. The summed E-state index contributed by atoms with van der Waals surface area (Å²) in [5, 5.41) is 0. The lowest BCUT2D eigenvalue weighted by molar-refractivity contribution is -0.131. The number of alkyl halides is 1. The van der Waals surface area contributed by atoms with Crippen molar-refractivity contribution in [3.8, 4) is 11.5 Å². The first kappa shape index (κ1) is 17.9. The van der Waals surface area contributed by atoms with Crippen LogP contribution in [0.1, 0.15) is 18.4 Å². The van der Waals surface area contributed by atoms with Gasteiger partial charge in [0.1, 0.15) is 17.4 Å². The van der Waals surface area contributed by atoms with Crippen molar-refractivity contribution in [2.45, 2.75) is 25.5 Å². The third-order valence-corrected chi connectivity index (χ3v) is 4.33. The number of nitrogens with zero attached hydrogens (tertiary/aromatic N) is 1. The fraction of sp³-hybridized carbons (Fsp3) is 0.588. The molecule has 0 aliphatic heterocycles. The van der Waals surface area contributed by atoms with Gasteiger partial charge in [0.15, 0.2) is 0 Å². The highest BCUT2D eigenvalue weighted by molar-refractivity contribution is 6.27. The maximum atomic E-state index is 12.2. The van der Waals surface area contributed by atoms with Crippen LogP contribution in [-0.2, 0) is 16.1 Å². The molecule has 1 aliphatic carbocycles. The summed E-state index contributed by atoms with van der Waals surface area (Å²) >= 11 is 5.77. The van der Waals surface area contributed by atoms with Crippen LogP contribution >= 0.6 is 11.6 Å². The van der Waals surface area contributed by atoms with Gasteiger partial charge in [0.05, 0.1) is 20.3 Å². The molecule has 1 aromatic carbocycles. The summed E-state index contributed by atoms with van der Waals surface area (Å²) in [6.07, 6.45) is 2.39. The molecular weight excluding hydrogens is 318 g/mol. The van der Waals surface area contributed by atoms with Crippen molar-refractivity contribution in [3.63, 3.8) is 0 Å². The van der Waals surface area contributed by atoms with Gasteiger partial charge in [0.25, 0.3) is 0 Å². The van der Waals surface area contributed by atoms with E-state index in [1.54, 1.807) is 32.3 Å². The number of amides is 1. The van der Waals surface area contributed by atoms with Gasteiger partial charge in [-0.25, -0.2) is 0 Å². The highest BCUT2D eigenvalue weighted by Gasteiger charge is 2.33. The molecule has 0 spiro atoms. The van der Waals surface area contributed by atoms with Gasteiger partial charge < -0.3 is 19.1 Å². The Kier molecular flexibility index (Phi) is 6.54. The minimum absolute atomic E-state index is 0.0395. The van der Waals surface area contributed by atoms with Crippen LogP contribution < -0.4 is 9.47 Å². The molecule has 6 heteroatoms. The van der Waals surface area contributed by atoms with Gasteiger partial charge in [-0.2, -0.15) is 0 Å². The first-order valence-electron chi connectivity index (χ1n) is 7.69. The fourth-order valence-corrected chi connectivity index (χ4v) is 2.79. The number of ether oxygens (including phenoxy) is 3. The number of rotatable bonds is 9. The van der Waals surface area contributed by atoms with E-state index >= 15 is 0 Å². The predicted molar refractivity (Wildman–Crippen MR) is 89.2 cm³/mol.